The summed E-state index contributed by atoms with van der Waals surface area (Å²) in [7, 11) is 0. The van der Waals surface area contributed by atoms with Gasteiger partial charge >= 0.3 is 0 Å². The number of hydrogen-bond acceptors (Lipinski definition) is 4. The van der Waals surface area contributed by atoms with Crippen LogP contribution in [0, 0.1) is 17.0 Å². The lowest BCUT2D eigenvalue weighted by Crippen LogP contribution is -2.06. The van der Waals surface area contributed by atoms with Gasteiger partial charge in [0.1, 0.15) is 5.69 Å². The van der Waals surface area contributed by atoms with Crippen LogP contribution < -0.4 is 11.5 Å². The van der Waals surface area contributed by atoms with Crippen molar-refractivity contribution in [3.63, 3.8) is 0 Å². The van der Waals surface area contributed by atoms with E-state index in [4.69, 9.17) is 11.5 Å². The lowest BCUT2D eigenvalue weighted by molar-refractivity contribution is -0.384. The highest BCUT2D eigenvalue weighted by atomic mass is 16.6. The predicted molar refractivity (Wildman–Crippen MR) is 61.5 cm³/mol. The first-order valence-electron chi connectivity index (χ1n) is 4.80. The van der Waals surface area contributed by atoms with E-state index >= 15 is 0 Å². The van der Waals surface area contributed by atoms with Crippen molar-refractivity contribution >= 4 is 11.4 Å². The van der Waals surface area contributed by atoms with Gasteiger partial charge in [0.15, 0.2) is 0 Å². The van der Waals surface area contributed by atoms with Gasteiger partial charge in [0.05, 0.1) is 4.92 Å². The third-order valence-electron chi connectivity index (χ3n) is 1.97. The molecule has 0 amide bonds. The number of aryl methyl sites for hydroxylation is 1. The van der Waals surface area contributed by atoms with Crippen molar-refractivity contribution in [1.82, 2.24) is 0 Å². The molecule has 0 spiro atoms. The number of rotatable bonds is 2. The van der Waals surface area contributed by atoms with E-state index in [0.717, 1.165) is 5.56 Å². The molecule has 1 aromatic carbocycles. The third-order valence-corrected chi connectivity index (χ3v) is 1.97. The summed E-state index contributed by atoms with van der Waals surface area (Å²) >= 11 is 0. The van der Waals surface area contributed by atoms with Gasteiger partial charge in [-0.2, -0.15) is 0 Å². The highest BCUT2D eigenvalue weighted by Crippen LogP contribution is 2.27. The van der Waals surface area contributed by atoms with Crippen LogP contribution >= 0.6 is 0 Å². The zero-order chi connectivity index (χ0) is 12.0. The van der Waals surface area contributed by atoms with Crippen molar-refractivity contribution in [3.8, 4) is 0 Å². The zero-order valence-corrected chi connectivity index (χ0v) is 9.28. The number of nitro groups is 1. The van der Waals surface area contributed by atoms with Gasteiger partial charge in [-0.1, -0.05) is 19.9 Å². The van der Waals surface area contributed by atoms with E-state index in [1.807, 2.05) is 20.8 Å². The summed E-state index contributed by atoms with van der Waals surface area (Å²) in [6, 6.07) is 3.04. The second kappa shape index (κ2) is 5.98. The number of nitrogens with zero attached hydrogens (tertiary/aromatic N) is 1. The van der Waals surface area contributed by atoms with E-state index in [9.17, 15) is 10.1 Å². The smallest absolute Gasteiger partial charge is 0.292 e. The molecule has 15 heavy (non-hydrogen) atoms. The molecule has 0 atom stereocenters. The predicted octanol–water partition coefficient (Wildman–Crippen LogP) is 1.97. The molecular formula is C10H17N3O2. The van der Waals surface area contributed by atoms with Gasteiger partial charge in [0, 0.05) is 12.6 Å². The fourth-order valence-corrected chi connectivity index (χ4v) is 1.19. The molecule has 0 heterocycles. The Balaban J connectivity index is 0.000000921. The average Bonchev–Trinajstić information content (AvgIpc) is 2.21. The highest BCUT2D eigenvalue weighted by Gasteiger charge is 2.15. The maximum atomic E-state index is 10.5. The van der Waals surface area contributed by atoms with Gasteiger partial charge in [-0.15, -0.1) is 0 Å². The molecule has 4 N–H and O–H groups in total. The summed E-state index contributed by atoms with van der Waals surface area (Å²) in [6.45, 7) is 6.04. The number of nitro benzene ring substituents is 1. The molecule has 5 heteroatoms. The quantitative estimate of drug-likeness (QED) is 0.444. The fourth-order valence-electron chi connectivity index (χ4n) is 1.19. The Kier molecular flexibility index (Phi) is 5.33. The molecule has 0 radical (unpaired) electrons. The topological polar surface area (TPSA) is 95.2 Å². The van der Waals surface area contributed by atoms with E-state index < -0.39 is 4.92 Å². The summed E-state index contributed by atoms with van der Waals surface area (Å²) in [4.78, 5) is 9.98. The zero-order valence-electron chi connectivity index (χ0n) is 9.28. The van der Waals surface area contributed by atoms with Crippen LogP contribution in [0.25, 0.3) is 0 Å². The molecule has 84 valence electrons. The molecule has 5 nitrogen and oxygen atoms in total. The van der Waals surface area contributed by atoms with E-state index in [0.29, 0.717) is 5.56 Å². The Morgan fingerprint density at radius 2 is 1.93 bits per heavy atom. The molecule has 0 bridgehead atoms. The van der Waals surface area contributed by atoms with Crippen LogP contribution in [-0.4, -0.2) is 4.92 Å². The summed E-state index contributed by atoms with van der Waals surface area (Å²) in [5.74, 6) is 0. The molecule has 0 fully saturated rings. The molecule has 0 saturated carbocycles. The van der Waals surface area contributed by atoms with Crippen molar-refractivity contribution in [2.75, 3.05) is 5.73 Å². The maximum Gasteiger partial charge on any atom is 0.292 e. The standard InChI is InChI=1S/C8H11N3O2.C2H6/c1-5-2-3-7(11(12)13)8(10)6(5)4-9;1-2/h2-3H,4,9-10H2,1H3;1-2H3. The van der Waals surface area contributed by atoms with E-state index in [2.05, 4.69) is 0 Å². The number of anilines is 1. The second-order valence-corrected chi connectivity index (χ2v) is 2.76. The van der Waals surface area contributed by atoms with Crippen molar-refractivity contribution in [2.45, 2.75) is 27.3 Å². The van der Waals surface area contributed by atoms with Crippen molar-refractivity contribution in [2.24, 2.45) is 5.73 Å². The van der Waals surface area contributed by atoms with Gasteiger partial charge in [-0.05, 0) is 18.1 Å². The number of nitrogen functional groups attached to an aromatic ring is 1. The number of benzene rings is 1. The van der Waals surface area contributed by atoms with E-state index in [1.165, 1.54) is 6.07 Å². The highest BCUT2D eigenvalue weighted by molar-refractivity contribution is 5.65. The van der Waals surface area contributed by atoms with Crippen LogP contribution in [0.1, 0.15) is 25.0 Å². The molecule has 0 aliphatic carbocycles. The Bertz CT molecular complexity index is 351. The minimum Gasteiger partial charge on any atom is -0.393 e. The number of hydrogen-bond donors (Lipinski definition) is 2. The van der Waals surface area contributed by atoms with Crippen molar-refractivity contribution in [3.05, 3.63) is 33.4 Å². The van der Waals surface area contributed by atoms with Crippen LogP contribution in [0.4, 0.5) is 11.4 Å². The van der Waals surface area contributed by atoms with Crippen molar-refractivity contribution < 1.29 is 4.92 Å². The molecule has 0 aliphatic rings. The van der Waals surface area contributed by atoms with Gasteiger partial charge in [-0.3, -0.25) is 10.1 Å². The van der Waals surface area contributed by atoms with Gasteiger partial charge < -0.3 is 11.5 Å². The lowest BCUT2D eigenvalue weighted by Gasteiger charge is -2.06. The monoisotopic (exact) mass is 211 g/mol. The first kappa shape index (κ1) is 13.4. The van der Waals surface area contributed by atoms with Crippen LogP contribution in [0.5, 0.6) is 0 Å². The van der Waals surface area contributed by atoms with Gasteiger partial charge in [0.2, 0.25) is 0 Å². The first-order valence-corrected chi connectivity index (χ1v) is 4.80. The summed E-state index contributed by atoms with van der Waals surface area (Å²) in [6.07, 6.45) is 0. The average molecular weight is 211 g/mol. The Hall–Kier alpha value is -1.62. The van der Waals surface area contributed by atoms with Crippen LogP contribution in [-0.2, 0) is 6.54 Å². The van der Waals surface area contributed by atoms with E-state index in [-0.39, 0.29) is 17.9 Å². The summed E-state index contributed by atoms with van der Waals surface area (Å²) in [5, 5.41) is 10.5. The van der Waals surface area contributed by atoms with Crippen LogP contribution in [0.3, 0.4) is 0 Å². The lowest BCUT2D eigenvalue weighted by atomic mass is 10.1. The second-order valence-electron chi connectivity index (χ2n) is 2.76. The van der Waals surface area contributed by atoms with Crippen LogP contribution in [0.2, 0.25) is 0 Å². The molecule has 0 aliphatic heterocycles. The third kappa shape index (κ3) is 2.92. The minimum atomic E-state index is -0.506. The normalized spacial score (nSPS) is 9.07. The molecule has 0 saturated heterocycles. The summed E-state index contributed by atoms with van der Waals surface area (Å²) in [5.41, 5.74) is 12.6. The minimum absolute atomic E-state index is 0.0777. The molecule has 1 rings (SSSR count). The number of nitrogens with two attached hydrogens (primary N) is 2. The molecule has 1 aromatic rings. The van der Waals surface area contributed by atoms with Gasteiger partial charge in [0.25, 0.3) is 5.69 Å². The summed E-state index contributed by atoms with van der Waals surface area (Å²) < 4.78 is 0. The molecule has 0 aromatic heterocycles. The molecule has 0 unspecified atom stereocenters. The van der Waals surface area contributed by atoms with E-state index in [1.54, 1.807) is 6.07 Å². The Morgan fingerprint density at radius 1 is 1.40 bits per heavy atom. The Morgan fingerprint density at radius 3 is 2.33 bits per heavy atom. The van der Waals surface area contributed by atoms with Crippen molar-refractivity contribution in [1.29, 1.82) is 0 Å². The Labute approximate surface area is 89.2 Å². The van der Waals surface area contributed by atoms with Gasteiger partial charge in [-0.25, -0.2) is 0 Å². The SMILES string of the molecule is CC.Cc1ccc([N+](=O)[O-])c(N)c1CN. The molecular weight excluding hydrogens is 194 g/mol. The first-order chi connectivity index (χ1) is 7.07. The maximum absolute atomic E-state index is 10.5. The fraction of sp³-hybridized carbons (Fsp3) is 0.400. The largest absolute Gasteiger partial charge is 0.393 e. The van der Waals surface area contributed by atoms with Crippen LogP contribution in [0.15, 0.2) is 12.1 Å².